The monoisotopic (exact) mass is 341 g/mol. The van der Waals surface area contributed by atoms with E-state index in [1.165, 1.54) is 4.90 Å². The van der Waals surface area contributed by atoms with Crippen molar-refractivity contribution in [3.05, 3.63) is 22.7 Å². The fraction of sp³-hybridized carbons (Fsp3) is 0.333. The van der Waals surface area contributed by atoms with Crippen molar-refractivity contribution in [3.63, 3.8) is 0 Å². The number of hydrogen-bond donors (Lipinski definition) is 1. The molecule has 0 atom stereocenters. The number of halogens is 1. The van der Waals surface area contributed by atoms with Crippen LogP contribution in [0, 0.1) is 0 Å². The number of aromatic nitrogens is 1. The van der Waals surface area contributed by atoms with Crippen molar-refractivity contribution in [3.8, 4) is 0 Å². The van der Waals surface area contributed by atoms with Gasteiger partial charge in [-0.3, -0.25) is 0 Å². The van der Waals surface area contributed by atoms with E-state index >= 15 is 0 Å². The third kappa shape index (κ3) is 2.52. The minimum absolute atomic E-state index is 0.537. The second-order valence-electron chi connectivity index (χ2n) is 4.37. The molecule has 1 N–H and O–H groups in total. The Bertz CT molecular complexity index is 622. The van der Waals surface area contributed by atoms with Crippen molar-refractivity contribution in [2.24, 2.45) is 0 Å². The van der Waals surface area contributed by atoms with Gasteiger partial charge in [-0.25, -0.2) is 9.78 Å². The SMILES string of the molecule is O=C(O)N1CCN(c2nc3ccc(Br)cc3s2)CC1. The molecule has 100 valence electrons. The first-order valence-electron chi connectivity index (χ1n) is 5.92. The lowest BCUT2D eigenvalue weighted by molar-refractivity contribution is 0.142. The predicted molar refractivity (Wildman–Crippen MR) is 79.1 cm³/mol. The largest absolute Gasteiger partial charge is 0.465 e. The van der Waals surface area contributed by atoms with E-state index in [0.29, 0.717) is 26.2 Å². The fourth-order valence-electron chi connectivity index (χ4n) is 2.11. The van der Waals surface area contributed by atoms with E-state index in [1.807, 2.05) is 12.1 Å². The number of carbonyl (C=O) groups is 1. The molecule has 0 radical (unpaired) electrons. The molecule has 19 heavy (non-hydrogen) atoms. The number of nitrogens with zero attached hydrogens (tertiary/aromatic N) is 3. The summed E-state index contributed by atoms with van der Waals surface area (Å²) in [5, 5.41) is 9.90. The Balaban J connectivity index is 1.80. The van der Waals surface area contributed by atoms with Gasteiger partial charge in [-0.05, 0) is 18.2 Å². The summed E-state index contributed by atoms with van der Waals surface area (Å²) in [6.45, 7) is 2.48. The molecule has 1 aromatic heterocycles. The predicted octanol–water partition coefficient (Wildman–Crippen LogP) is 2.86. The first-order chi connectivity index (χ1) is 9.13. The highest BCUT2D eigenvalue weighted by molar-refractivity contribution is 9.10. The van der Waals surface area contributed by atoms with Gasteiger partial charge in [0.05, 0.1) is 10.2 Å². The molecule has 2 aromatic rings. The van der Waals surface area contributed by atoms with Crippen molar-refractivity contribution in [2.45, 2.75) is 0 Å². The molecule has 0 spiro atoms. The summed E-state index contributed by atoms with van der Waals surface area (Å²) in [4.78, 5) is 19.1. The molecule has 1 aromatic carbocycles. The Labute approximate surface area is 122 Å². The van der Waals surface area contributed by atoms with Crippen LogP contribution in [-0.2, 0) is 0 Å². The molecule has 1 aliphatic rings. The van der Waals surface area contributed by atoms with Crippen LogP contribution in [0.1, 0.15) is 0 Å². The highest BCUT2D eigenvalue weighted by Crippen LogP contribution is 2.31. The number of thiazole rings is 1. The zero-order valence-electron chi connectivity index (χ0n) is 10.0. The smallest absolute Gasteiger partial charge is 0.407 e. The second kappa shape index (κ2) is 4.97. The number of benzene rings is 1. The lowest BCUT2D eigenvalue weighted by Gasteiger charge is -2.32. The van der Waals surface area contributed by atoms with Crippen molar-refractivity contribution < 1.29 is 9.90 Å². The molecular formula is C12H12BrN3O2S. The average molecular weight is 342 g/mol. The van der Waals surface area contributed by atoms with Crippen molar-refractivity contribution in [2.75, 3.05) is 31.1 Å². The summed E-state index contributed by atoms with van der Waals surface area (Å²) < 4.78 is 2.19. The number of anilines is 1. The summed E-state index contributed by atoms with van der Waals surface area (Å²) in [6, 6.07) is 6.03. The first kappa shape index (κ1) is 12.7. The molecule has 1 saturated heterocycles. The molecule has 0 saturated carbocycles. The molecule has 1 amide bonds. The molecule has 1 aliphatic heterocycles. The second-order valence-corrected chi connectivity index (χ2v) is 6.29. The van der Waals surface area contributed by atoms with Crippen molar-refractivity contribution in [1.82, 2.24) is 9.88 Å². The molecule has 3 rings (SSSR count). The summed E-state index contributed by atoms with van der Waals surface area (Å²) in [5.41, 5.74) is 0.990. The molecule has 0 aliphatic carbocycles. The van der Waals surface area contributed by atoms with Crippen LogP contribution in [0.2, 0.25) is 0 Å². The first-order valence-corrected chi connectivity index (χ1v) is 7.53. The van der Waals surface area contributed by atoms with Crippen LogP contribution >= 0.6 is 27.3 Å². The summed E-state index contributed by atoms with van der Waals surface area (Å²) in [7, 11) is 0. The van der Waals surface area contributed by atoms with Gasteiger partial charge in [0.25, 0.3) is 0 Å². The lowest BCUT2D eigenvalue weighted by atomic mass is 10.3. The molecule has 1 fully saturated rings. The minimum atomic E-state index is -0.840. The molecule has 5 nitrogen and oxygen atoms in total. The van der Waals surface area contributed by atoms with Gasteiger partial charge in [-0.15, -0.1) is 0 Å². The Kier molecular flexibility index (Phi) is 3.32. The maximum absolute atomic E-state index is 10.9. The van der Waals surface area contributed by atoms with E-state index in [0.717, 1.165) is 19.8 Å². The molecule has 7 heteroatoms. The Morgan fingerprint density at radius 1 is 1.32 bits per heavy atom. The van der Waals surface area contributed by atoms with Gasteiger partial charge in [0, 0.05) is 30.7 Å². The highest BCUT2D eigenvalue weighted by atomic mass is 79.9. The third-order valence-electron chi connectivity index (χ3n) is 3.16. The standard InChI is InChI=1S/C12H12BrN3O2S/c13-8-1-2-9-10(7-8)19-11(14-9)15-3-5-16(6-4-15)12(17)18/h1-2,7H,3-6H2,(H,17,18). The molecule has 0 bridgehead atoms. The van der Waals surface area contributed by atoms with E-state index in [4.69, 9.17) is 5.11 Å². The van der Waals surface area contributed by atoms with Gasteiger partial charge >= 0.3 is 6.09 Å². The van der Waals surface area contributed by atoms with E-state index in [2.05, 4.69) is 31.9 Å². The van der Waals surface area contributed by atoms with Gasteiger partial charge in [-0.2, -0.15) is 0 Å². The van der Waals surface area contributed by atoms with Crippen LogP contribution in [0.15, 0.2) is 22.7 Å². The van der Waals surface area contributed by atoms with Gasteiger partial charge in [0.15, 0.2) is 5.13 Å². The number of piperazine rings is 1. The topological polar surface area (TPSA) is 56.7 Å². The maximum Gasteiger partial charge on any atom is 0.407 e. The van der Waals surface area contributed by atoms with E-state index in [-0.39, 0.29) is 0 Å². The van der Waals surface area contributed by atoms with Crippen LogP contribution in [0.5, 0.6) is 0 Å². The van der Waals surface area contributed by atoms with Crippen LogP contribution in [-0.4, -0.2) is 47.3 Å². The van der Waals surface area contributed by atoms with Gasteiger partial charge < -0.3 is 14.9 Å². The average Bonchev–Trinajstić information content (AvgIpc) is 2.81. The maximum atomic E-state index is 10.9. The molecular weight excluding hydrogens is 330 g/mol. The van der Waals surface area contributed by atoms with Crippen LogP contribution < -0.4 is 4.90 Å². The summed E-state index contributed by atoms with van der Waals surface area (Å²) in [5.74, 6) is 0. The number of hydrogen-bond acceptors (Lipinski definition) is 4. The normalized spacial score (nSPS) is 16.1. The van der Waals surface area contributed by atoms with E-state index in [9.17, 15) is 4.79 Å². The Morgan fingerprint density at radius 2 is 2.05 bits per heavy atom. The molecule has 2 heterocycles. The van der Waals surface area contributed by atoms with Gasteiger partial charge in [-0.1, -0.05) is 27.3 Å². The van der Waals surface area contributed by atoms with Gasteiger partial charge in [0.1, 0.15) is 0 Å². The van der Waals surface area contributed by atoms with Crippen LogP contribution in [0.4, 0.5) is 9.93 Å². The fourth-order valence-corrected chi connectivity index (χ4v) is 3.68. The number of rotatable bonds is 1. The van der Waals surface area contributed by atoms with Crippen molar-refractivity contribution in [1.29, 1.82) is 0 Å². The van der Waals surface area contributed by atoms with Crippen LogP contribution in [0.25, 0.3) is 10.2 Å². The highest BCUT2D eigenvalue weighted by Gasteiger charge is 2.22. The number of amides is 1. The molecule has 0 unspecified atom stereocenters. The summed E-state index contributed by atoms with van der Waals surface area (Å²) >= 11 is 5.10. The zero-order valence-corrected chi connectivity index (χ0v) is 12.4. The van der Waals surface area contributed by atoms with E-state index < -0.39 is 6.09 Å². The lowest BCUT2D eigenvalue weighted by Crippen LogP contribution is -2.48. The summed E-state index contributed by atoms with van der Waals surface area (Å²) in [6.07, 6.45) is -0.840. The van der Waals surface area contributed by atoms with Crippen molar-refractivity contribution >= 4 is 48.7 Å². The zero-order chi connectivity index (χ0) is 13.4. The number of carboxylic acid groups (broad SMARTS) is 1. The van der Waals surface area contributed by atoms with Crippen LogP contribution in [0.3, 0.4) is 0 Å². The third-order valence-corrected chi connectivity index (χ3v) is 4.73. The Morgan fingerprint density at radius 3 is 2.74 bits per heavy atom. The minimum Gasteiger partial charge on any atom is -0.465 e. The van der Waals surface area contributed by atoms with E-state index in [1.54, 1.807) is 11.3 Å². The quantitative estimate of drug-likeness (QED) is 0.866. The number of fused-ring (bicyclic) bond motifs is 1. The Hall–Kier alpha value is -1.34. The van der Waals surface area contributed by atoms with Gasteiger partial charge in [0.2, 0.25) is 0 Å².